The summed E-state index contributed by atoms with van der Waals surface area (Å²) in [6, 6.07) is 1.93. The number of hydrogen-bond donors (Lipinski definition) is 1. The minimum absolute atomic E-state index is 0.0476. The molecule has 142 valence electrons. The fraction of sp³-hybridized carbons (Fsp3) is 0.400. The van der Waals surface area contributed by atoms with E-state index >= 15 is 0 Å². The quantitative estimate of drug-likeness (QED) is 0.737. The van der Waals surface area contributed by atoms with Crippen LogP contribution in [0.4, 0.5) is 13.2 Å². The molecule has 2 aromatic rings. The Hall–Kier alpha value is -2.00. The maximum Gasteiger partial charge on any atom is 0.355 e. The summed E-state index contributed by atoms with van der Waals surface area (Å²) in [4.78, 5) is 21.8. The van der Waals surface area contributed by atoms with Gasteiger partial charge in [0, 0.05) is 11.4 Å². The predicted octanol–water partition coefficient (Wildman–Crippen LogP) is 3.54. The Morgan fingerprint density at radius 1 is 1.42 bits per heavy atom. The summed E-state index contributed by atoms with van der Waals surface area (Å²) >= 11 is 12.0. The molecule has 11 heteroatoms. The predicted molar refractivity (Wildman–Crippen MR) is 89.0 cm³/mol. The van der Waals surface area contributed by atoms with E-state index in [4.69, 9.17) is 23.2 Å². The lowest BCUT2D eigenvalue weighted by Crippen LogP contribution is -2.34. The van der Waals surface area contributed by atoms with Gasteiger partial charge in [0.25, 0.3) is 0 Å². The van der Waals surface area contributed by atoms with Crippen LogP contribution in [-0.2, 0) is 11.2 Å². The standard InChI is InChI=1S/C15H14Cl2F3N3O3/c1-3-15(17,12(24)25)6-8-4-11(10(18)5-9(8)16)23-14(26)22(13(19)20)7(2)21-23/h4-5,13H,3,6H2,1-2H3,(H,24,25). The second-order valence-corrected chi connectivity index (χ2v) is 6.72. The van der Waals surface area contributed by atoms with Gasteiger partial charge in [-0.05, 0) is 31.0 Å². The number of benzene rings is 1. The lowest BCUT2D eigenvalue weighted by atomic mass is 9.95. The largest absolute Gasteiger partial charge is 0.480 e. The van der Waals surface area contributed by atoms with E-state index in [1.807, 2.05) is 0 Å². The molecule has 0 aliphatic heterocycles. The first-order valence-electron chi connectivity index (χ1n) is 7.38. The number of nitrogens with zero attached hydrogens (tertiary/aromatic N) is 3. The van der Waals surface area contributed by atoms with Crippen molar-refractivity contribution >= 4 is 29.2 Å². The molecule has 0 aliphatic rings. The Morgan fingerprint density at radius 3 is 2.50 bits per heavy atom. The number of carboxylic acids is 1. The smallest absolute Gasteiger partial charge is 0.355 e. The third-order valence-electron chi connectivity index (χ3n) is 3.93. The fourth-order valence-electron chi connectivity index (χ4n) is 2.39. The van der Waals surface area contributed by atoms with Crippen molar-refractivity contribution in [3.63, 3.8) is 0 Å². The highest BCUT2D eigenvalue weighted by Crippen LogP contribution is 2.31. The van der Waals surface area contributed by atoms with Crippen LogP contribution < -0.4 is 5.69 Å². The zero-order valence-corrected chi connectivity index (χ0v) is 15.2. The van der Waals surface area contributed by atoms with Gasteiger partial charge < -0.3 is 5.11 Å². The monoisotopic (exact) mass is 411 g/mol. The molecule has 0 amide bonds. The van der Waals surface area contributed by atoms with Gasteiger partial charge in [-0.2, -0.15) is 13.5 Å². The van der Waals surface area contributed by atoms with Crippen LogP contribution in [0.3, 0.4) is 0 Å². The molecule has 2 rings (SSSR count). The third kappa shape index (κ3) is 3.59. The van der Waals surface area contributed by atoms with Gasteiger partial charge in [-0.1, -0.05) is 18.5 Å². The summed E-state index contributed by atoms with van der Waals surface area (Å²) in [5, 5.41) is 12.8. The van der Waals surface area contributed by atoms with Crippen LogP contribution in [0.15, 0.2) is 16.9 Å². The SMILES string of the molecule is CCC(Cl)(Cc1cc(-n2nc(C)n(C(F)F)c2=O)c(F)cc1Cl)C(=O)O. The zero-order chi connectivity index (χ0) is 19.8. The van der Waals surface area contributed by atoms with Gasteiger partial charge >= 0.3 is 18.2 Å². The van der Waals surface area contributed by atoms with E-state index in [0.29, 0.717) is 4.68 Å². The van der Waals surface area contributed by atoms with Crippen LogP contribution in [0.5, 0.6) is 0 Å². The van der Waals surface area contributed by atoms with Crippen molar-refractivity contribution < 1.29 is 23.1 Å². The number of aliphatic carboxylic acids is 1. The zero-order valence-electron chi connectivity index (χ0n) is 13.6. The molecule has 1 unspecified atom stereocenters. The van der Waals surface area contributed by atoms with Gasteiger partial charge in [-0.25, -0.2) is 13.8 Å². The molecule has 0 saturated heterocycles. The average molecular weight is 412 g/mol. The number of carboxylic acid groups (broad SMARTS) is 1. The molecule has 1 atom stereocenters. The van der Waals surface area contributed by atoms with Gasteiger partial charge in [0.05, 0.1) is 0 Å². The summed E-state index contributed by atoms with van der Waals surface area (Å²) in [6.45, 7) is -0.421. The number of alkyl halides is 3. The average Bonchev–Trinajstić information content (AvgIpc) is 2.84. The number of carbonyl (C=O) groups is 1. The molecule has 0 aliphatic carbocycles. The highest BCUT2D eigenvalue weighted by atomic mass is 35.5. The van der Waals surface area contributed by atoms with Crippen LogP contribution >= 0.6 is 23.2 Å². The molecule has 0 bridgehead atoms. The van der Waals surface area contributed by atoms with Crippen LogP contribution in [0.1, 0.15) is 31.3 Å². The van der Waals surface area contributed by atoms with Crippen molar-refractivity contribution in [1.29, 1.82) is 0 Å². The van der Waals surface area contributed by atoms with Gasteiger partial charge in [0.1, 0.15) is 16.4 Å². The van der Waals surface area contributed by atoms with Crippen LogP contribution in [0, 0.1) is 12.7 Å². The van der Waals surface area contributed by atoms with E-state index in [2.05, 4.69) is 5.10 Å². The van der Waals surface area contributed by atoms with Crippen molar-refractivity contribution in [2.24, 2.45) is 0 Å². The molecule has 0 radical (unpaired) electrons. The van der Waals surface area contributed by atoms with E-state index in [1.54, 1.807) is 6.92 Å². The second kappa shape index (κ2) is 7.32. The van der Waals surface area contributed by atoms with Crippen LogP contribution in [0.2, 0.25) is 5.02 Å². The maximum atomic E-state index is 14.3. The summed E-state index contributed by atoms with van der Waals surface area (Å²) in [5.41, 5.74) is -1.54. The third-order valence-corrected chi connectivity index (χ3v) is 4.85. The van der Waals surface area contributed by atoms with Crippen molar-refractivity contribution in [1.82, 2.24) is 14.3 Å². The molecule has 1 N–H and O–H groups in total. The Labute approximate surface area is 155 Å². The molecule has 6 nitrogen and oxygen atoms in total. The maximum absolute atomic E-state index is 14.3. The van der Waals surface area contributed by atoms with Gasteiger partial charge in [0.15, 0.2) is 5.82 Å². The molecule has 26 heavy (non-hydrogen) atoms. The van der Waals surface area contributed by atoms with E-state index in [-0.39, 0.29) is 33.8 Å². The summed E-state index contributed by atoms with van der Waals surface area (Å²) in [7, 11) is 0. The summed E-state index contributed by atoms with van der Waals surface area (Å²) in [5.74, 6) is -2.59. The Bertz CT molecular complexity index is 914. The first-order valence-corrected chi connectivity index (χ1v) is 8.14. The number of rotatable bonds is 6. The minimum atomic E-state index is -3.14. The Balaban J connectivity index is 2.61. The molecule has 0 fully saturated rings. The number of aryl methyl sites for hydroxylation is 1. The van der Waals surface area contributed by atoms with E-state index in [1.165, 1.54) is 6.92 Å². The van der Waals surface area contributed by atoms with Crippen molar-refractivity contribution in [2.75, 3.05) is 0 Å². The topological polar surface area (TPSA) is 77.1 Å². The van der Waals surface area contributed by atoms with Crippen LogP contribution in [0.25, 0.3) is 5.69 Å². The number of hydrogen-bond acceptors (Lipinski definition) is 3. The Morgan fingerprint density at radius 2 is 2.04 bits per heavy atom. The second-order valence-electron chi connectivity index (χ2n) is 5.59. The number of halogens is 5. The molecular formula is C15H14Cl2F3N3O3. The lowest BCUT2D eigenvalue weighted by Gasteiger charge is -2.21. The summed E-state index contributed by atoms with van der Waals surface area (Å²) in [6.07, 6.45) is -0.220. The molecule has 1 heterocycles. The molecule has 0 spiro atoms. The molecular weight excluding hydrogens is 398 g/mol. The highest BCUT2D eigenvalue weighted by Gasteiger charge is 2.35. The van der Waals surface area contributed by atoms with E-state index in [9.17, 15) is 27.9 Å². The first-order chi connectivity index (χ1) is 12.0. The van der Waals surface area contributed by atoms with Gasteiger partial charge in [-0.3, -0.25) is 4.79 Å². The first kappa shape index (κ1) is 20.3. The number of aromatic nitrogens is 3. The molecule has 0 saturated carbocycles. The van der Waals surface area contributed by atoms with E-state index in [0.717, 1.165) is 12.1 Å². The molecule has 1 aromatic carbocycles. The lowest BCUT2D eigenvalue weighted by molar-refractivity contribution is -0.140. The van der Waals surface area contributed by atoms with Crippen LogP contribution in [-0.4, -0.2) is 30.3 Å². The highest BCUT2D eigenvalue weighted by molar-refractivity contribution is 6.34. The minimum Gasteiger partial charge on any atom is -0.480 e. The molecule has 1 aromatic heterocycles. The van der Waals surface area contributed by atoms with Crippen molar-refractivity contribution in [2.45, 2.75) is 38.1 Å². The van der Waals surface area contributed by atoms with E-state index < -0.39 is 34.6 Å². The fourth-order valence-corrected chi connectivity index (χ4v) is 2.75. The Kier molecular flexibility index (Phi) is 5.72. The van der Waals surface area contributed by atoms with Crippen molar-refractivity contribution in [3.8, 4) is 5.69 Å². The van der Waals surface area contributed by atoms with Gasteiger partial charge in [-0.15, -0.1) is 16.7 Å². The summed E-state index contributed by atoms with van der Waals surface area (Å²) < 4.78 is 40.7. The normalized spacial score (nSPS) is 13.8. The van der Waals surface area contributed by atoms with Crippen molar-refractivity contribution in [3.05, 3.63) is 44.8 Å². The van der Waals surface area contributed by atoms with Gasteiger partial charge in [0.2, 0.25) is 0 Å².